The van der Waals surface area contributed by atoms with Crippen LogP contribution in [0.5, 0.6) is 0 Å². The van der Waals surface area contributed by atoms with E-state index in [-0.39, 0.29) is 6.04 Å². The van der Waals surface area contributed by atoms with Crippen LogP contribution in [0.2, 0.25) is 0 Å². The van der Waals surface area contributed by atoms with Crippen molar-refractivity contribution in [1.82, 2.24) is 19.8 Å². The maximum absolute atomic E-state index is 12.9. The zero-order valence-electron chi connectivity index (χ0n) is 16.5. The molecule has 3 heterocycles. The number of hydrogen-bond acceptors (Lipinski definition) is 7. The largest absolute Gasteiger partial charge is 0.339 e. The van der Waals surface area contributed by atoms with Gasteiger partial charge in [-0.1, -0.05) is 35.5 Å². The Labute approximate surface area is 180 Å². The highest BCUT2D eigenvalue weighted by Crippen LogP contribution is 2.40. The normalized spacial score (nSPS) is 18.7. The van der Waals surface area contributed by atoms with Gasteiger partial charge < -0.3 is 4.52 Å². The monoisotopic (exact) mass is 444 g/mol. The van der Waals surface area contributed by atoms with Gasteiger partial charge >= 0.3 is 0 Å². The molecule has 0 atom stereocenters. The Bertz CT molecular complexity index is 1100. The lowest BCUT2D eigenvalue weighted by atomic mass is 10.1. The second-order valence-corrected chi connectivity index (χ2v) is 10.9. The highest BCUT2D eigenvalue weighted by atomic mass is 32.2. The van der Waals surface area contributed by atoms with E-state index < -0.39 is 10.0 Å². The third-order valence-corrected chi connectivity index (χ3v) is 8.59. The second-order valence-electron chi connectivity index (χ2n) is 8.04. The summed E-state index contributed by atoms with van der Waals surface area (Å²) in [5.41, 5.74) is 1.97. The zero-order valence-corrected chi connectivity index (χ0v) is 18.2. The van der Waals surface area contributed by atoms with E-state index in [1.54, 1.807) is 11.4 Å². The molecule has 1 aliphatic carbocycles. The summed E-state index contributed by atoms with van der Waals surface area (Å²) in [7, 11) is -3.56. The van der Waals surface area contributed by atoms with Crippen LogP contribution in [0.15, 0.2) is 50.5 Å². The van der Waals surface area contributed by atoms with Crippen LogP contribution in [0, 0.1) is 0 Å². The summed E-state index contributed by atoms with van der Waals surface area (Å²) in [6.07, 6.45) is 3.78. The van der Waals surface area contributed by atoms with Gasteiger partial charge in [0.05, 0.1) is 0 Å². The van der Waals surface area contributed by atoms with Crippen LogP contribution in [-0.2, 0) is 16.6 Å². The van der Waals surface area contributed by atoms with Gasteiger partial charge in [-0.25, -0.2) is 13.1 Å². The summed E-state index contributed by atoms with van der Waals surface area (Å²) in [5.74, 6) is 1.49. The molecular weight excluding hydrogens is 420 g/mol. The molecule has 1 N–H and O–H groups in total. The average molecular weight is 445 g/mol. The number of piperidine rings is 1. The Balaban J connectivity index is 1.18. The first kappa shape index (κ1) is 19.9. The molecule has 2 aromatic heterocycles. The molecule has 1 saturated carbocycles. The number of rotatable bonds is 7. The first-order valence-corrected chi connectivity index (χ1v) is 12.6. The molecule has 3 aromatic rings. The molecule has 7 nitrogen and oxygen atoms in total. The summed E-state index contributed by atoms with van der Waals surface area (Å²) < 4.78 is 34.2. The number of likely N-dealkylation sites (tertiary alicyclic amines) is 1. The van der Waals surface area contributed by atoms with Gasteiger partial charge in [0.1, 0.15) is 4.21 Å². The van der Waals surface area contributed by atoms with Gasteiger partial charge in [0.25, 0.3) is 0 Å². The Hall–Kier alpha value is -2.07. The third-order valence-electron chi connectivity index (χ3n) is 5.63. The molecule has 2 aliphatic rings. The lowest BCUT2D eigenvalue weighted by Crippen LogP contribution is -2.44. The van der Waals surface area contributed by atoms with Gasteiger partial charge in [0.2, 0.25) is 21.7 Å². The van der Waals surface area contributed by atoms with E-state index in [0.717, 1.165) is 45.3 Å². The van der Waals surface area contributed by atoms with Crippen molar-refractivity contribution in [3.8, 4) is 11.4 Å². The molecule has 2 fully saturated rings. The van der Waals surface area contributed by atoms with Crippen molar-refractivity contribution >= 4 is 21.4 Å². The third kappa shape index (κ3) is 4.49. The van der Waals surface area contributed by atoms with E-state index in [1.807, 2.05) is 18.2 Å². The molecule has 0 spiro atoms. The van der Waals surface area contributed by atoms with Gasteiger partial charge in [0, 0.05) is 42.5 Å². The van der Waals surface area contributed by atoms with E-state index >= 15 is 0 Å². The fraction of sp³-hybridized carbons (Fsp3) is 0.429. The summed E-state index contributed by atoms with van der Waals surface area (Å²) in [6, 6.07) is 12.0. The summed E-state index contributed by atoms with van der Waals surface area (Å²) in [4.78, 5) is 6.78. The highest BCUT2D eigenvalue weighted by Gasteiger charge is 2.30. The van der Waals surface area contributed by atoms with Crippen LogP contribution in [0.1, 0.15) is 43.1 Å². The predicted molar refractivity (Wildman–Crippen MR) is 115 cm³/mol. The number of nitrogens with one attached hydrogen (secondary N) is 1. The van der Waals surface area contributed by atoms with Crippen molar-refractivity contribution < 1.29 is 12.9 Å². The van der Waals surface area contributed by atoms with Gasteiger partial charge in [-0.3, -0.25) is 4.90 Å². The minimum atomic E-state index is -3.56. The second kappa shape index (κ2) is 8.22. The highest BCUT2D eigenvalue weighted by molar-refractivity contribution is 7.91. The zero-order chi connectivity index (χ0) is 20.6. The first-order valence-electron chi connectivity index (χ1n) is 10.3. The van der Waals surface area contributed by atoms with Gasteiger partial charge in [-0.15, -0.1) is 11.3 Å². The molecule has 30 heavy (non-hydrogen) atoms. The number of nitrogens with zero attached hydrogens (tertiary/aromatic N) is 3. The van der Waals surface area contributed by atoms with Crippen molar-refractivity contribution in [2.45, 2.75) is 48.4 Å². The molecule has 0 bridgehead atoms. The Morgan fingerprint density at radius 3 is 2.63 bits per heavy atom. The molecular formula is C21H24N4O3S2. The van der Waals surface area contributed by atoms with E-state index in [1.165, 1.54) is 16.9 Å². The fourth-order valence-corrected chi connectivity index (χ4v) is 6.23. The standard InChI is InChI=1S/C21H24N4O3S2/c26-30(27,19-12-17(14-29-19)20-22-21(28-23-20)16-6-7-16)24-18-8-10-25(11-9-18)13-15-4-2-1-3-5-15/h1-5,12,14,16,18,24H,6-11,13H2. The van der Waals surface area contributed by atoms with E-state index in [4.69, 9.17) is 4.52 Å². The molecule has 9 heteroatoms. The summed E-state index contributed by atoms with van der Waals surface area (Å²) in [5, 5.41) is 5.78. The van der Waals surface area contributed by atoms with Crippen molar-refractivity contribution in [3.63, 3.8) is 0 Å². The van der Waals surface area contributed by atoms with E-state index in [0.29, 0.717) is 27.4 Å². The van der Waals surface area contributed by atoms with Crippen LogP contribution >= 0.6 is 11.3 Å². The maximum Gasteiger partial charge on any atom is 0.250 e. The van der Waals surface area contributed by atoms with Crippen LogP contribution < -0.4 is 4.72 Å². The molecule has 0 unspecified atom stereocenters. The van der Waals surface area contributed by atoms with Crippen LogP contribution in [0.25, 0.3) is 11.4 Å². The molecule has 5 rings (SSSR count). The van der Waals surface area contributed by atoms with Gasteiger partial charge in [-0.2, -0.15) is 4.98 Å². The number of thiophene rings is 1. The molecule has 1 aliphatic heterocycles. The van der Waals surface area contributed by atoms with Crippen LogP contribution in [0.4, 0.5) is 0 Å². The van der Waals surface area contributed by atoms with E-state index in [9.17, 15) is 8.42 Å². The van der Waals surface area contributed by atoms with Crippen molar-refractivity contribution in [1.29, 1.82) is 0 Å². The van der Waals surface area contributed by atoms with Gasteiger partial charge in [-0.05, 0) is 37.3 Å². The molecule has 0 amide bonds. The van der Waals surface area contributed by atoms with E-state index in [2.05, 4.69) is 31.9 Å². The number of aromatic nitrogens is 2. The lowest BCUT2D eigenvalue weighted by Gasteiger charge is -2.32. The molecule has 158 valence electrons. The minimum absolute atomic E-state index is 0.0424. The Morgan fingerprint density at radius 2 is 1.90 bits per heavy atom. The lowest BCUT2D eigenvalue weighted by molar-refractivity contribution is 0.200. The number of sulfonamides is 1. The fourth-order valence-electron chi connectivity index (χ4n) is 3.75. The smallest absolute Gasteiger partial charge is 0.250 e. The molecule has 1 aromatic carbocycles. The minimum Gasteiger partial charge on any atom is -0.339 e. The quantitative estimate of drug-likeness (QED) is 0.599. The van der Waals surface area contributed by atoms with Crippen molar-refractivity contribution in [2.75, 3.05) is 13.1 Å². The van der Waals surface area contributed by atoms with Gasteiger partial charge in [0.15, 0.2) is 0 Å². The summed E-state index contributed by atoms with van der Waals surface area (Å²) in [6.45, 7) is 2.66. The first-order chi connectivity index (χ1) is 14.6. The average Bonchev–Trinajstić information content (AvgIpc) is 3.26. The van der Waals surface area contributed by atoms with Crippen molar-refractivity contribution in [2.24, 2.45) is 0 Å². The Morgan fingerprint density at radius 1 is 1.13 bits per heavy atom. The molecule has 0 radical (unpaired) electrons. The van der Waals surface area contributed by atoms with Crippen molar-refractivity contribution in [3.05, 3.63) is 53.2 Å². The number of benzene rings is 1. The SMILES string of the molecule is O=S(=O)(NC1CCN(Cc2ccccc2)CC1)c1cc(-c2noc(C3CC3)n2)cs1. The summed E-state index contributed by atoms with van der Waals surface area (Å²) >= 11 is 1.19. The van der Waals surface area contributed by atoms with Crippen LogP contribution in [-0.4, -0.2) is 42.6 Å². The van der Waals surface area contributed by atoms with Crippen LogP contribution in [0.3, 0.4) is 0 Å². The maximum atomic E-state index is 12.9. The number of hydrogen-bond donors (Lipinski definition) is 1. The topological polar surface area (TPSA) is 88.3 Å². The predicted octanol–water partition coefficient (Wildman–Crippen LogP) is 3.62. The Kier molecular flexibility index (Phi) is 5.44. The molecule has 1 saturated heterocycles.